The summed E-state index contributed by atoms with van der Waals surface area (Å²) in [5.41, 5.74) is 1.97. The van der Waals surface area contributed by atoms with Gasteiger partial charge in [-0.3, -0.25) is 0 Å². The zero-order chi connectivity index (χ0) is 12.5. The van der Waals surface area contributed by atoms with E-state index in [1.165, 1.54) is 0 Å². The molecule has 0 saturated heterocycles. The average Bonchev–Trinajstić information content (AvgIpc) is 2.98. The van der Waals surface area contributed by atoms with Crippen molar-refractivity contribution in [3.63, 3.8) is 0 Å². The highest BCUT2D eigenvalue weighted by Gasteiger charge is 2.20. The molecule has 2 aromatic heterocycles. The molecule has 4 nitrogen and oxygen atoms in total. The van der Waals surface area contributed by atoms with E-state index in [2.05, 4.69) is 21.7 Å². The van der Waals surface area contributed by atoms with Crippen LogP contribution in [0.2, 0.25) is 0 Å². The molecule has 2 aromatic rings. The number of H-pyrrole nitrogens is 1. The van der Waals surface area contributed by atoms with E-state index in [4.69, 9.17) is 16.6 Å². The van der Waals surface area contributed by atoms with Gasteiger partial charge in [0.15, 0.2) is 5.11 Å². The van der Waals surface area contributed by atoms with Crippen LogP contribution in [-0.2, 0) is 0 Å². The van der Waals surface area contributed by atoms with Gasteiger partial charge in [-0.05, 0) is 49.5 Å². The van der Waals surface area contributed by atoms with Crippen molar-refractivity contribution in [2.24, 2.45) is 0 Å². The first-order valence-corrected chi connectivity index (χ1v) is 6.12. The Morgan fingerprint density at radius 2 is 2.17 bits per heavy atom. The third-order valence-corrected chi connectivity index (χ3v) is 3.04. The number of thiocarbonyl (C=S) groups is 1. The van der Waals surface area contributed by atoms with Gasteiger partial charge in [0.1, 0.15) is 17.6 Å². The summed E-state index contributed by atoms with van der Waals surface area (Å²) >= 11 is 5.22. The van der Waals surface area contributed by atoms with Gasteiger partial charge in [-0.15, -0.1) is 0 Å². The molecule has 0 radical (unpaired) electrons. The molecule has 3 N–H and O–H groups in total. The molecular formula is C13H13N3OS. The van der Waals surface area contributed by atoms with Crippen LogP contribution in [0.25, 0.3) is 5.70 Å². The molecule has 3 heterocycles. The Labute approximate surface area is 110 Å². The molecule has 0 bridgehead atoms. The molecule has 0 fully saturated rings. The fourth-order valence-electron chi connectivity index (χ4n) is 1.98. The van der Waals surface area contributed by atoms with Gasteiger partial charge in [0.2, 0.25) is 0 Å². The van der Waals surface area contributed by atoms with Crippen LogP contribution >= 0.6 is 12.2 Å². The number of hydrogen-bond acceptors (Lipinski definition) is 2. The summed E-state index contributed by atoms with van der Waals surface area (Å²) in [5, 5.41) is 6.91. The van der Waals surface area contributed by atoms with Crippen molar-refractivity contribution < 1.29 is 4.42 Å². The van der Waals surface area contributed by atoms with Gasteiger partial charge in [0.05, 0.1) is 11.4 Å². The van der Waals surface area contributed by atoms with E-state index in [0.717, 1.165) is 22.9 Å². The van der Waals surface area contributed by atoms with E-state index in [1.807, 2.05) is 37.4 Å². The van der Waals surface area contributed by atoms with E-state index < -0.39 is 0 Å². The third kappa shape index (κ3) is 2.04. The van der Waals surface area contributed by atoms with Crippen molar-refractivity contribution in [1.82, 2.24) is 15.6 Å². The molecule has 0 spiro atoms. The minimum Gasteiger partial charge on any atom is -0.464 e. The van der Waals surface area contributed by atoms with Gasteiger partial charge in [-0.25, -0.2) is 0 Å². The summed E-state index contributed by atoms with van der Waals surface area (Å²) in [5.74, 6) is 1.76. The monoisotopic (exact) mass is 259 g/mol. The number of hydrogen-bond donors (Lipinski definition) is 3. The fourth-order valence-corrected chi connectivity index (χ4v) is 2.22. The molecule has 1 aliphatic heterocycles. The molecule has 5 heteroatoms. The Morgan fingerprint density at radius 1 is 1.28 bits per heavy atom. The van der Waals surface area contributed by atoms with Crippen molar-refractivity contribution in [3.05, 3.63) is 53.8 Å². The zero-order valence-corrected chi connectivity index (χ0v) is 10.7. The Morgan fingerprint density at radius 3 is 2.83 bits per heavy atom. The van der Waals surface area contributed by atoms with Crippen LogP contribution < -0.4 is 10.6 Å². The molecule has 92 valence electrons. The second-order valence-electron chi connectivity index (χ2n) is 4.19. The summed E-state index contributed by atoms with van der Waals surface area (Å²) in [7, 11) is 0. The van der Waals surface area contributed by atoms with Crippen molar-refractivity contribution in [1.29, 1.82) is 0 Å². The maximum Gasteiger partial charge on any atom is 0.171 e. The minimum absolute atomic E-state index is 0.0363. The SMILES string of the molecule is Cc1ccc(C2C=C(c3ccc[nH]3)NC(=S)N2)o1. The summed E-state index contributed by atoms with van der Waals surface area (Å²) in [6.45, 7) is 1.93. The third-order valence-electron chi connectivity index (χ3n) is 2.82. The highest BCUT2D eigenvalue weighted by molar-refractivity contribution is 7.80. The number of aromatic nitrogens is 1. The number of rotatable bonds is 2. The van der Waals surface area contributed by atoms with Crippen LogP contribution in [0.3, 0.4) is 0 Å². The molecule has 1 unspecified atom stereocenters. The summed E-state index contributed by atoms with van der Waals surface area (Å²) < 4.78 is 5.63. The van der Waals surface area contributed by atoms with Crippen LogP contribution in [0.1, 0.15) is 23.3 Å². The second kappa shape index (κ2) is 4.34. The quantitative estimate of drug-likeness (QED) is 0.725. The normalized spacial score (nSPS) is 19.1. The van der Waals surface area contributed by atoms with Gasteiger partial charge < -0.3 is 20.0 Å². The van der Waals surface area contributed by atoms with Crippen molar-refractivity contribution in [2.45, 2.75) is 13.0 Å². The molecule has 0 saturated carbocycles. The van der Waals surface area contributed by atoms with Gasteiger partial charge >= 0.3 is 0 Å². The van der Waals surface area contributed by atoms with Gasteiger partial charge in [-0.1, -0.05) is 0 Å². The minimum atomic E-state index is -0.0363. The number of aromatic amines is 1. The lowest BCUT2D eigenvalue weighted by Gasteiger charge is -2.24. The topological polar surface area (TPSA) is 53.0 Å². The summed E-state index contributed by atoms with van der Waals surface area (Å²) in [6, 6.07) is 7.82. The maximum absolute atomic E-state index is 5.63. The highest BCUT2D eigenvalue weighted by atomic mass is 32.1. The Hall–Kier alpha value is -2.01. The van der Waals surface area contributed by atoms with Crippen molar-refractivity contribution >= 4 is 23.0 Å². The predicted octanol–water partition coefficient (Wildman–Crippen LogP) is 2.48. The molecule has 3 rings (SSSR count). The summed E-state index contributed by atoms with van der Waals surface area (Å²) in [4.78, 5) is 3.16. The first-order chi connectivity index (χ1) is 8.72. The van der Waals surface area contributed by atoms with E-state index in [0.29, 0.717) is 5.11 Å². The first kappa shape index (κ1) is 11.1. The standard InChI is InChI=1S/C13H13N3OS/c1-8-4-5-12(17-8)11-7-10(15-13(18)16-11)9-3-2-6-14-9/h2-7,11,14H,1H3,(H2,15,16,18). The lowest BCUT2D eigenvalue weighted by molar-refractivity contribution is 0.456. The molecule has 0 amide bonds. The molecule has 1 atom stereocenters. The van der Waals surface area contributed by atoms with Gasteiger partial charge in [0, 0.05) is 6.20 Å². The molecule has 18 heavy (non-hydrogen) atoms. The predicted molar refractivity (Wildman–Crippen MR) is 73.8 cm³/mol. The van der Waals surface area contributed by atoms with E-state index in [1.54, 1.807) is 0 Å². The highest BCUT2D eigenvalue weighted by Crippen LogP contribution is 2.23. The molecular weight excluding hydrogens is 246 g/mol. The van der Waals surface area contributed by atoms with E-state index in [9.17, 15) is 0 Å². The Balaban J connectivity index is 1.96. The maximum atomic E-state index is 5.63. The molecule has 1 aliphatic rings. The molecule has 0 aromatic carbocycles. The van der Waals surface area contributed by atoms with Crippen LogP contribution in [0.15, 0.2) is 41.0 Å². The van der Waals surface area contributed by atoms with Crippen LogP contribution in [0.5, 0.6) is 0 Å². The smallest absolute Gasteiger partial charge is 0.171 e. The number of furan rings is 1. The van der Waals surface area contributed by atoms with Crippen LogP contribution in [0.4, 0.5) is 0 Å². The number of nitrogens with one attached hydrogen (secondary N) is 3. The van der Waals surface area contributed by atoms with Crippen molar-refractivity contribution in [3.8, 4) is 0 Å². The van der Waals surface area contributed by atoms with Crippen LogP contribution in [-0.4, -0.2) is 10.1 Å². The second-order valence-corrected chi connectivity index (χ2v) is 4.60. The molecule has 0 aliphatic carbocycles. The van der Waals surface area contributed by atoms with E-state index in [-0.39, 0.29) is 6.04 Å². The lowest BCUT2D eigenvalue weighted by Crippen LogP contribution is -2.40. The average molecular weight is 259 g/mol. The first-order valence-electron chi connectivity index (χ1n) is 5.72. The van der Waals surface area contributed by atoms with Gasteiger partial charge in [-0.2, -0.15) is 0 Å². The van der Waals surface area contributed by atoms with Crippen molar-refractivity contribution in [2.75, 3.05) is 0 Å². The Kier molecular flexibility index (Phi) is 2.68. The Bertz CT molecular complexity index is 598. The lowest BCUT2D eigenvalue weighted by atomic mass is 10.1. The van der Waals surface area contributed by atoms with Crippen LogP contribution in [0, 0.1) is 6.92 Å². The largest absolute Gasteiger partial charge is 0.464 e. The van der Waals surface area contributed by atoms with Gasteiger partial charge in [0.25, 0.3) is 0 Å². The number of aryl methyl sites for hydroxylation is 1. The summed E-state index contributed by atoms with van der Waals surface area (Å²) in [6.07, 6.45) is 3.94. The zero-order valence-electron chi connectivity index (χ0n) is 9.86. The van der Waals surface area contributed by atoms with E-state index >= 15 is 0 Å². The fraction of sp³-hybridized carbons (Fsp3) is 0.154.